The zero-order valence-corrected chi connectivity index (χ0v) is 16.3. The Hall–Kier alpha value is -1.77. The van der Waals surface area contributed by atoms with E-state index in [1.807, 2.05) is 6.92 Å². The SMILES string of the molecule is Cc1ccc(S(=O)(=O)N2CCCC2C(=O)NCc2ccc(C)c(F)c2)s1. The van der Waals surface area contributed by atoms with Crippen molar-refractivity contribution in [3.8, 4) is 0 Å². The second-order valence-corrected chi connectivity index (χ2v) is 9.85. The normalized spacial score (nSPS) is 18.2. The molecule has 3 rings (SSSR count). The number of hydrogen-bond donors (Lipinski definition) is 1. The lowest BCUT2D eigenvalue weighted by Gasteiger charge is -2.22. The average Bonchev–Trinajstić information content (AvgIpc) is 3.25. The van der Waals surface area contributed by atoms with Crippen LogP contribution in [0.2, 0.25) is 0 Å². The zero-order chi connectivity index (χ0) is 18.9. The van der Waals surface area contributed by atoms with Gasteiger partial charge < -0.3 is 5.32 Å². The van der Waals surface area contributed by atoms with Crippen LogP contribution in [-0.4, -0.2) is 31.2 Å². The van der Waals surface area contributed by atoms with Gasteiger partial charge in [-0.3, -0.25) is 4.79 Å². The molecule has 1 fully saturated rings. The maximum atomic E-state index is 13.6. The van der Waals surface area contributed by atoms with Gasteiger partial charge in [-0.15, -0.1) is 11.3 Å². The summed E-state index contributed by atoms with van der Waals surface area (Å²) in [6.07, 6.45) is 1.12. The van der Waals surface area contributed by atoms with Crippen molar-refractivity contribution < 1.29 is 17.6 Å². The molecule has 1 amide bonds. The maximum Gasteiger partial charge on any atom is 0.253 e. The van der Waals surface area contributed by atoms with E-state index >= 15 is 0 Å². The first-order valence-corrected chi connectivity index (χ1v) is 10.7. The molecule has 0 aliphatic carbocycles. The van der Waals surface area contributed by atoms with E-state index in [4.69, 9.17) is 0 Å². The molecular weight excluding hydrogens is 375 g/mol. The number of rotatable bonds is 5. The number of nitrogens with one attached hydrogen (secondary N) is 1. The van der Waals surface area contributed by atoms with E-state index in [1.54, 1.807) is 31.2 Å². The Morgan fingerprint density at radius 1 is 1.31 bits per heavy atom. The van der Waals surface area contributed by atoms with E-state index in [0.717, 1.165) is 4.88 Å². The highest BCUT2D eigenvalue weighted by Crippen LogP contribution is 2.30. The van der Waals surface area contributed by atoms with Crippen molar-refractivity contribution in [1.82, 2.24) is 9.62 Å². The van der Waals surface area contributed by atoms with E-state index in [9.17, 15) is 17.6 Å². The molecule has 5 nitrogen and oxygen atoms in total. The lowest BCUT2D eigenvalue weighted by Crippen LogP contribution is -2.45. The quantitative estimate of drug-likeness (QED) is 0.845. The predicted molar refractivity (Wildman–Crippen MR) is 99.0 cm³/mol. The smallest absolute Gasteiger partial charge is 0.253 e. The van der Waals surface area contributed by atoms with Crippen LogP contribution in [0.5, 0.6) is 0 Å². The largest absolute Gasteiger partial charge is 0.351 e. The molecule has 1 aliphatic rings. The van der Waals surface area contributed by atoms with Crippen LogP contribution in [0.15, 0.2) is 34.5 Å². The predicted octanol–water partition coefficient (Wildman–Crippen LogP) is 2.97. The number of halogens is 1. The van der Waals surface area contributed by atoms with E-state index in [2.05, 4.69) is 5.32 Å². The number of hydrogen-bond acceptors (Lipinski definition) is 4. The standard InChI is InChI=1S/C18H21FN2O3S2/c1-12-5-7-14(10-15(12)19)11-20-18(22)16-4-3-9-21(16)26(23,24)17-8-6-13(2)25-17/h5-8,10,16H,3-4,9,11H2,1-2H3,(H,20,22). The molecular formula is C18H21FN2O3S2. The Morgan fingerprint density at radius 3 is 2.73 bits per heavy atom. The highest BCUT2D eigenvalue weighted by molar-refractivity contribution is 7.91. The lowest BCUT2D eigenvalue weighted by atomic mass is 10.1. The summed E-state index contributed by atoms with van der Waals surface area (Å²) in [5, 5.41) is 2.74. The van der Waals surface area contributed by atoms with Gasteiger partial charge in [0.05, 0.1) is 0 Å². The summed E-state index contributed by atoms with van der Waals surface area (Å²) >= 11 is 1.21. The highest BCUT2D eigenvalue weighted by Gasteiger charge is 2.39. The molecule has 1 aliphatic heterocycles. The Morgan fingerprint density at radius 2 is 2.08 bits per heavy atom. The first-order valence-electron chi connectivity index (χ1n) is 8.40. The lowest BCUT2D eigenvalue weighted by molar-refractivity contribution is -0.124. The number of sulfonamides is 1. The van der Waals surface area contributed by atoms with Gasteiger partial charge in [0.15, 0.2) is 0 Å². The molecule has 26 heavy (non-hydrogen) atoms. The van der Waals surface area contributed by atoms with Crippen molar-refractivity contribution in [1.29, 1.82) is 0 Å². The fourth-order valence-corrected chi connectivity index (χ4v) is 6.08. The van der Waals surface area contributed by atoms with Gasteiger partial charge in [0, 0.05) is 18.0 Å². The molecule has 0 saturated carbocycles. The van der Waals surface area contributed by atoms with Crippen molar-refractivity contribution in [2.24, 2.45) is 0 Å². The first-order chi connectivity index (χ1) is 12.3. The number of carbonyl (C=O) groups excluding carboxylic acids is 1. The molecule has 0 bridgehead atoms. The van der Waals surface area contributed by atoms with Crippen molar-refractivity contribution in [3.63, 3.8) is 0 Å². The Labute approximate surface area is 156 Å². The van der Waals surface area contributed by atoms with Gasteiger partial charge in [0.25, 0.3) is 10.0 Å². The third-order valence-electron chi connectivity index (χ3n) is 4.49. The summed E-state index contributed by atoms with van der Waals surface area (Å²) in [6, 6.07) is 7.40. The molecule has 2 heterocycles. The summed E-state index contributed by atoms with van der Waals surface area (Å²) in [4.78, 5) is 13.5. The molecule has 0 spiro atoms. The number of carbonyl (C=O) groups is 1. The summed E-state index contributed by atoms with van der Waals surface area (Å²) in [7, 11) is -3.68. The highest BCUT2D eigenvalue weighted by atomic mass is 32.2. The Balaban J connectivity index is 1.71. The molecule has 1 unspecified atom stereocenters. The van der Waals surface area contributed by atoms with E-state index in [1.165, 1.54) is 21.7 Å². The minimum atomic E-state index is -3.68. The minimum absolute atomic E-state index is 0.165. The van der Waals surface area contributed by atoms with Gasteiger partial charge in [-0.1, -0.05) is 12.1 Å². The third-order valence-corrected chi connectivity index (χ3v) is 7.86. The van der Waals surface area contributed by atoms with Gasteiger partial charge in [0.1, 0.15) is 16.1 Å². The number of amides is 1. The fourth-order valence-electron chi connectivity index (χ4n) is 3.01. The monoisotopic (exact) mass is 396 g/mol. The Bertz CT molecular complexity index is 924. The molecule has 1 aromatic carbocycles. The van der Waals surface area contributed by atoms with Gasteiger partial charge in [-0.2, -0.15) is 4.31 Å². The maximum absolute atomic E-state index is 13.6. The van der Waals surface area contributed by atoms with Gasteiger partial charge >= 0.3 is 0 Å². The summed E-state index contributed by atoms with van der Waals surface area (Å²) in [6.45, 7) is 4.01. The van der Waals surface area contributed by atoms with Gasteiger partial charge in [-0.05, 0) is 56.0 Å². The molecule has 1 aromatic heterocycles. The van der Waals surface area contributed by atoms with Crippen LogP contribution in [0.1, 0.15) is 28.8 Å². The topological polar surface area (TPSA) is 66.5 Å². The number of benzene rings is 1. The van der Waals surface area contributed by atoms with E-state index < -0.39 is 16.1 Å². The minimum Gasteiger partial charge on any atom is -0.351 e. The Kier molecular flexibility index (Phi) is 5.45. The molecule has 1 saturated heterocycles. The van der Waals surface area contributed by atoms with Gasteiger partial charge in [-0.25, -0.2) is 12.8 Å². The van der Waals surface area contributed by atoms with Crippen LogP contribution >= 0.6 is 11.3 Å². The molecule has 8 heteroatoms. The van der Waals surface area contributed by atoms with E-state index in [-0.39, 0.29) is 22.5 Å². The number of thiophene rings is 1. The molecule has 140 valence electrons. The van der Waals surface area contributed by atoms with Crippen LogP contribution in [0.25, 0.3) is 0 Å². The molecule has 1 N–H and O–H groups in total. The zero-order valence-electron chi connectivity index (χ0n) is 14.7. The summed E-state index contributed by atoms with van der Waals surface area (Å²) in [5.41, 5.74) is 1.18. The summed E-state index contributed by atoms with van der Waals surface area (Å²) < 4.78 is 40.8. The van der Waals surface area contributed by atoms with Gasteiger partial charge in [0.2, 0.25) is 5.91 Å². The van der Waals surface area contributed by atoms with Crippen molar-refractivity contribution in [3.05, 3.63) is 52.2 Å². The summed E-state index contributed by atoms with van der Waals surface area (Å²) in [5.74, 6) is -0.671. The second kappa shape index (κ2) is 7.46. The molecule has 0 radical (unpaired) electrons. The van der Waals surface area contributed by atoms with Crippen molar-refractivity contribution in [2.75, 3.05) is 6.54 Å². The van der Waals surface area contributed by atoms with Crippen LogP contribution in [-0.2, 0) is 21.4 Å². The second-order valence-electron chi connectivity index (χ2n) is 6.44. The van der Waals surface area contributed by atoms with Crippen LogP contribution in [0.3, 0.4) is 0 Å². The van der Waals surface area contributed by atoms with E-state index in [0.29, 0.717) is 30.5 Å². The average molecular weight is 397 g/mol. The molecule has 1 atom stereocenters. The fraction of sp³-hybridized carbons (Fsp3) is 0.389. The third kappa shape index (κ3) is 3.82. The van der Waals surface area contributed by atoms with Crippen molar-refractivity contribution in [2.45, 2.75) is 43.5 Å². The van der Waals surface area contributed by atoms with Crippen LogP contribution in [0.4, 0.5) is 4.39 Å². The number of aryl methyl sites for hydroxylation is 2. The van der Waals surface area contributed by atoms with Crippen LogP contribution < -0.4 is 5.32 Å². The number of nitrogens with zero attached hydrogens (tertiary/aromatic N) is 1. The molecule has 2 aromatic rings. The van der Waals surface area contributed by atoms with Crippen LogP contribution in [0, 0.1) is 19.7 Å². The first kappa shape index (κ1) is 19.0. The van der Waals surface area contributed by atoms with Crippen molar-refractivity contribution >= 4 is 27.3 Å².